The first-order chi connectivity index (χ1) is 12.1. The minimum absolute atomic E-state index is 0.180. The van der Waals surface area contributed by atoms with Crippen LogP contribution >= 0.6 is 22.9 Å². The van der Waals surface area contributed by atoms with E-state index in [0.29, 0.717) is 18.8 Å². The Balaban J connectivity index is 1.66. The fraction of sp³-hybridized carbons (Fsp3) is 0.167. The average Bonchev–Trinajstić information content (AvgIpc) is 3.24. The van der Waals surface area contributed by atoms with Gasteiger partial charge in [0.25, 0.3) is 5.91 Å². The molecular weight excluding hydrogens is 363 g/mol. The number of benzene rings is 1. The molecule has 0 bridgehead atoms. The predicted molar refractivity (Wildman–Crippen MR) is 96.3 cm³/mol. The number of carbonyl (C=O) groups excluding carboxylic acids is 1. The van der Waals surface area contributed by atoms with Gasteiger partial charge in [-0.25, -0.2) is 4.39 Å². The zero-order chi connectivity index (χ0) is 17.6. The van der Waals surface area contributed by atoms with E-state index < -0.39 is 5.82 Å². The van der Waals surface area contributed by atoms with E-state index in [2.05, 4.69) is 5.32 Å². The number of thiophene rings is 1. The van der Waals surface area contributed by atoms with E-state index in [9.17, 15) is 9.18 Å². The van der Waals surface area contributed by atoms with Crippen LogP contribution in [0.3, 0.4) is 0 Å². The van der Waals surface area contributed by atoms with Crippen LogP contribution in [0.2, 0.25) is 5.02 Å². The summed E-state index contributed by atoms with van der Waals surface area (Å²) in [7, 11) is 0. The maximum Gasteiger partial charge on any atom is 0.279 e. The smallest absolute Gasteiger partial charge is 0.279 e. The van der Waals surface area contributed by atoms with Gasteiger partial charge in [-0.1, -0.05) is 17.7 Å². The Hall–Kier alpha value is -2.15. The standard InChI is InChI=1S/C18H16ClFN2O2S/c19-16-9-13(20)5-6-17(16)21-18(23)12-22(10-14-3-1-7-24-14)11-15-4-2-8-25-15/h1-9H,10-12H2,(H,21,23)/p+1. The minimum atomic E-state index is -0.439. The number of rotatable bonds is 7. The van der Waals surface area contributed by atoms with Crippen molar-refractivity contribution in [2.45, 2.75) is 13.1 Å². The molecule has 2 N–H and O–H groups in total. The molecule has 3 aromatic rings. The highest BCUT2D eigenvalue weighted by atomic mass is 35.5. The Morgan fingerprint density at radius 1 is 1.24 bits per heavy atom. The van der Waals surface area contributed by atoms with E-state index in [-0.39, 0.29) is 17.5 Å². The van der Waals surface area contributed by atoms with Gasteiger partial charge in [0, 0.05) is 0 Å². The molecule has 0 aliphatic rings. The van der Waals surface area contributed by atoms with Gasteiger partial charge in [0.15, 0.2) is 12.3 Å². The second kappa shape index (κ2) is 8.29. The molecule has 4 nitrogen and oxygen atoms in total. The summed E-state index contributed by atoms with van der Waals surface area (Å²) < 4.78 is 18.5. The predicted octanol–water partition coefficient (Wildman–Crippen LogP) is 3.36. The third kappa shape index (κ3) is 5.16. The summed E-state index contributed by atoms with van der Waals surface area (Å²) in [6.45, 7) is 1.55. The van der Waals surface area contributed by atoms with E-state index in [1.807, 2.05) is 29.6 Å². The molecule has 0 aliphatic heterocycles. The van der Waals surface area contributed by atoms with Crippen LogP contribution in [0, 0.1) is 5.82 Å². The molecule has 1 atom stereocenters. The molecule has 0 saturated heterocycles. The Morgan fingerprint density at radius 3 is 2.80 bits per heavy atom. The van der Waals surface area contributed by atoms with E-state index in [1.54, 1.807) is 17.6 Å². The lowest BCUT2D eigenvalue weighted by Crippen LogP contribution is -3.10. The quantitative estimate of drug-likeness (QED) is 0.661. The maximum atomic E-state index is 13.1. The molecule has 1 aromatic carbocycles. The molecule has 2 heterocycles. The molecule has 0 aliphatic carbocycles. The van der Waals surface area contributed by atoms with Gasteiger partial charge in [0.2, 0.25) is 0 Å². The van der Waals surface area contributed by atoms with Gasteiger partial charge in [-0.2, -0.15) is 0 Å². The highest BCUT2D eigenvalue weighted by Crippen LogP contribution is 2.22. The molecule has 0 spiro atoms. The fourth-order valence-electron chi connectivity index (χ4n) is 2.52. The Bertz CT molecular complexity index is 785. The summed E-state index contributed by atoms with van der Waals surface area (Å²) in [5.41, 5.74) is 0.404. The largest absolute Gasteiger partial charge is 0.463 e. The first kappa shape index (κ1) is 17.7. The van der Waals surface area contributed by atoms with Gasteiger partial charge < -0.3 is 14.6 Å². The normalized spacial score (nSPS) is 12.1. The van der Waals surface area contributed by atoms with Gasteiger partial charge in [-0.15, -0.1) is 11.3 Å². The Kier molecular flexibility index (Phi) is 5.86. The van der Waals surface area contributed by atoms with Crippen molar-refractivity contribution in [1.82, 2.24) is 0 Å². The molecule has 0 saturated carbocycles. The molecule has 25 heavy (non-hydrogen) atoms. The third-order valence-corrected chi connectivity index (χ3v) is 4.81. The lowest BCUT2D eigenvalue weighted by Gasteiger charge is -2.17. The minimum Gasteiger partial charge on any atom is -0.463 e. The molecule has 0 radical (unpaired) electrons. The van der Waals surface area contributed by atoms with Gasteiger partial charge in [-0.3, -0.25) is 4.79 Å². The number of carbonyl (C=O) groups is 1. The summed E-state index contributed by atoms with van der Waals surface area (Å²) in [6.07, 6.45) is 1.62. The van der Waals surface area contributed by atoms with Crippen molar-refractivity contribution in [3.63, 3.8) is 0 Å². The molecule has 130 valence electrons. The number of hydrogen-bond acceptors (Lipinski definition) is 3. The van der Waals surface area contributed by atoms with Crippen LogP contribution in [0.4, 0.5) is 10.1 Å². The van der Waals surface area contributed by atoms with Gasteiger partial charge in [0.1, 0.15) is 18.9 Å². The van der Waals surface area contributed by atoms with Crippen LogP contribution < -0.4 is 10.2 Å². The first-order valence-electron chi connectivity index (χ1n) is 7.73. The number of anilines is 1. The number of halogens is 2. The topological polar surface area (TPSA) is 46.7 Å². The molecule has 7 heteroatoms. The molecule has 3 rings (SSSR count). The lowest BCUT2D eigenvalue weighted by atomic mass is 10.3. The molecule has 0 fully saturated rings. The maximum absolute atomic E-state index is 13.1. The zero-order valence-electron chi connectivity index (χ0n) is 13.3. The van der Waals surface area contributed by atoms with Crippen molar-refractivity contribution in [1.29, 1.82) is 0 Å². The van der Waals surface area contributed by atoms with E-state index in [4.69, 9.17) is 16.0 Å². The van der Waals surface area contributed by atoms with Gasteiger partial charge >= 0.3 is 0 Å². The van der Waals surface area contributed by atoms with Gasteiger partial charge in [0.05, 0.1) is 21.9 Å². The highest BCUT2D eigenvalue weighted by Gasteiger charge is 2.18. The van der Waals surface area contributed by atoms with Crippen molar-refractivity contribution in [2.75, 3.05) is 11.9 Å². The summed E-state index contributed by atoms with van der Waals surface area (Å²) in [4.78, 5) is 14.6. The van der Waals surface area contributed by atoms with Gasteiger partial charge in [-0.05, 0) is 41.8 Å². The summed E-state index contributed by atoms with van der Waals surface area (Å²) in [6, 6.07) is 11.7. The Morgan fingerprint density at radius 2 is 2.12 bits per heavy atom. The van der Waals surface area contributed by atoms with E-state index in [0.717, 1.165) is 10.7 Å². The van der Waals surface area contributed by atoms with Crippen LogP contribution in [0.1, 0.15) is 10.6 Å². The van der Waals surface area contributed by atoms with Crippen LogP contribution in [0.5, 0.6) is 0 Å². The highest BCUT2D eigenvalue weighted by molar-refractivity contribution is 7.09. The van der Waals surface area contributed by atoms with Crippen molar-refractivity contribution in [3.8, 4) is 0 Å². The van der Waals surface area contributed by atoms with Crippen LogP contribution in [0.15, 0.2) is 58.5 Å². The van der Waals surface area contributed by atoms with E-state index >= 15 is 0 Å². The van der Waals surface area contributed by atoms with E-state index in [1.165, 1.54) is 23.1 Å². The summed E-state index contributed by atoms with van der Waals surface area (Å²) in [5.74, 6) is 0.191. The van der Waals surface area contributed by atoms with Crippen LogP contribution in [-0.2, 0) is 17.9 Å². The molecule has 2 aromatic heterocycles. The number of quaternary nitrogens is 1. The fourth-order valence-corrected chi connectivity index (χ4v) is 3.51. The first-order valence-corrected chi connectivity index (χ1v) is 8.99. The summed E-state index contributed by atoms with van der Waals surface area (Å²) >= 11 is 7.62. The third-order valence-electron chi connectivity index (χ3n) is 3.62. The van der Waals surface area contributed by atoms with Crippen LogP contribution in [-0.4, -0.2) is 12.5 Å². The molecule has 1 unspecified atom stereocenters. The number of hydrogen-bond donors (Lipinski definition) is 2. The number of amides is 1. The number of furan rings is 1. The Labute approximate surface area is 153 Å². The van der Waals surface area contributed by atoms with Crippen molar-refractivity contribution >= 4 is 34.5 Å². The lowest BCUT2D eigenvalue weighted by molar-refractivity contribution is -0.920. The molecular formula is C18H17ClFN2O2S+. The summed E-state index contributed by atoms with van der Waals surface area (Å²) in [5, 5.41) is 4.93. The second-order valence-electron chi connectivity index (χ2n) is 5.61. The van der Waals surface area contributed by atoms with Crippen molar-refractivity contribution in [2.24, 2.45) is 0 Å². The zero-order valence-corrected chi connectivity index (χ0v) is 14.9. The average molecular weight is 380 g/mol. The monoisotopic (exact) mass is 379 g/mol. The molecule has 1 amide bonds. The van der Waals surface area contributed by atoms with Crippen molar-refractivity contribution < 1.29 is 18.5 Å². The van der Waals surface area contributed by atoms with Crippen LogP contribution in [0.25, 0.3) is 0 Å². The second-order valence-corrected chi connectivity index (χ2v) is 7.05. The van der Waals surface area contributed by atoms with Crippen molar-refractivity contribution in [3.05, 3.63) is 75.6 Å². The SMILES string of the molecule is O=C(C[NH+](Cc1ccco1)Cc1cccs1)Nc1ccc(F)cc1Cl. The number of nitrogens with one attached hydrogen (secondary N) is 2.